The summed E-state index contributed by atoms with van der Waals surface area (Å²) in [5.41, 5.74) is 2.05. The second kappa shape index (κ2) is 10.8. The second-order valence-corrected chi connectivity index (χ2v) is 5.68. The van der Waals surface area contributed by atoms with E-state index in [1.807, 2.05) is 37.3 Å². The Balaban J connectivity index is 0.00000288. The van der Waals surface area contributed by atoms with Crippen LogP contribution >= 0.6 is 12.4 Å². The Morgan fingerprint density at radius 2 is 1.75 bits per heavy atom. The molecule has 130 valence electrons. The SMILES string of the molecule is CCOc1ccc(C(=O)CCNC(C)Cc2ccccc2)cc1.Cl. The zero-order valence-electron chi connectivity index (χ0n) is 14.3. The van der Waals surface area contributed by atoms with E-state index in [0.717, 1.165) is 17.7 Å². The van der Waals surface area contributed by atoms with E-state index < -0.39 is 0 Å². The lowest BCUT2D eigenvalue weighted by molar-refractivity contribution is 0.0982. The fourth-order valence-corrected chi connectivity index (χ4v) is 2.52. The molecule has 0 fully saturated rings. The smallest absolute Gasteiger partial charge is 0.164 e. The number of rotatable bonds is 9. The number of carbonyl (C=O) groups excluding carboxylic acids is 1. The third kappa shape index (κ3) is 6.73. The van der Waals surface area contributed by atoms with Gasteiger partial charge >= 0.3 is 0 Å². The Bertz CT molecular complexity index is 599. The fourth-order valence-electron chi connectivity index (χ4n) is 2.52. The van der Waals surface area contributed by atoms with Gasteiger partial charge in [0.15, 0.2) is 5.78 Å². The quantitative estimate of drug-likeness (QED) is 0.687. The van der Waals surface area contributed by atoms with Crippen LogP contribution in [-0.4, -0.2) is 25.0 Å². The van der Waals surface area contributed by atoms with Crippen molar-refractivity contribution >= 4 is 18.2 Å². The number of benzene rings is 2. The number of hydrogen-bond donors (Lipinski definition) is 1. The van der Waals surface area contributed by atoms with E-state index in [9.17, 15) is 4.79 Å². The summed E-state index contributed by atoms with van der Waals surface area (Å²) in [6, 6.07) is 18.1. The predicted octanol–water partition coefficient (Wildman–Crippen LogP) is 4.30. The molecule has 0 saturated heterocycles. The molecule has 0 aliphatic heterocycles. The van der Waals surface area contributed by atoms with Gasteiger partial charge in [-0.2, -0.15) is 0 Å². The summed E-state index contributed by atoms with van der Waals surface area (Å²) in [7, 11) is 0. The van der Waals surface area contributed by atoms with Crippen molar-refractivity contribution in [2.75, 3.05) is 13.2 Å². The molecule has 0 aliphatic rings. The second-order valence-electron chi connectivity index (χ2n) is 5.68. The Morgan fingerprint density at radius 3 is 2.38 bits per heavy atom. The summed E-state index contributed by atoms with van der Waals surface area (Å²) in [5.74, 6) is 0.964. The largest absolute Gasteiger partial charge is 0.494 e. The molecule has 1 atom stereocenters. The average Bonchev–Trinajstić information content (AvgIpc) is 2.56. The van der Waals surface area contributed by atoms with Gasteiger partial charge in [0.05, 0.1) is 6.61 Å². The molecular formula is C20H26ClNO2. The Labute approximate surface area is 150 Å². The zero-order chi connectivity index (χ0) is 16.5. The van der Waals surface area contributed by atoms with Crippen LogP contribution in [0, 0.1) is 0 Å². The number of ether oxygens (including phenoxy) is 1. The Kier molecular flexibility index (Phi) is 9.13. The third-order valence-electron chi connectivity index (χ3n) is 3.72. The van der Waals surface area contributed by atoms with Crippen LogP contribution in [0.15, 0.2) is 54.6 Å². The van der Waals surface area contributed by atoms with Gasteiger partial charge < -0.3 is 10.1 Å². The van der Waals surface area contributed by atoms with E-state index in [4.69, 9.17) is 4.74 Å². The number of halogens is 1. The van der Waals surface area contributed by atoms with Crippen LogP contribution in [0.5, 0.6) is 5.75 Å². The molecule has 0 spiro atoms. The summed E-state index contributed by atoms with van der Waals surface area (Å²) >= 11 is 0. The monoisotopic (exact) mass is 347 g/mol. The Morgan fingerprint density at radius 1 is 1.08 bits per heavy atom. The molecule has 0 radical (unpaired) electrons. The number of hydrogen-bond acceptors (Lipinski definition) is 3. The van der Waals surface area contributed by atoms with E-state index in [-0.39, 0.29) is 18.2 Å². The molecule has 0 heterocycles. The van der Waals surface area contributed by atoms with Crippen LogP contribution in [0.25, 0.3) is 0 Å². The van der Waals surface area contributed by atoms with Crippen molar-refractivity contribution in [3.63, 3.8) is 0 Å². The minimum absolute atomic E-state index is 0. The maximum atomic E-state index is 12.2. The van der Waals surface area contributed by atoms with E-state index >= 15 is 0 Å². The first-order chi connectivity index (χ1) is 11.2. The lowest BCUT2D eigenvalue weighted by Crippen LogP contribution is -2.30. The molecule has 0 aliphatic carbocycles. The molecule has 3 nitrogen and oxygen atoms in total. The highest BCUT2D eigenvalue weighted by molar-refractivity contribution is 5.96. The first kappa shape index (κ1) is 20.2. The summed E-state index contributed by atoms with van der Waals surface area (Å²) in [6.45, 7) is 5.42. The highest BCUT2D eigenvalue weighted by Gasteiger charge is 2.08. The van der Waals surface area contributed by atoms with Crippen molar-refractivity contribution in [1.29, 1.82) is 0 Å². The average molecular weight is 348 g/mol. The molecule has 24 heavy (non-hydrogen) atoms. The van der Waals surface area contributed by atoms with Crippen LogP contribution in [0.1, 0.15) is 36.2 Å². The van der Waals surface area contributed by atoms with E-state index in [1.165, 1.54) is 5.56 Å². The number of nitrogens with one attached hydrogen (secondary N) is 1. The third-order valence-corrected chi connectivity index (χ3v) is 3.72. The first-order valence-corrected chi connectivity index (χ1v) is 8.22. The molecule has 1 N–H and O–H groups in total. The number of Topliss-reactive ketones (excluding diaryl/α,β-unsaturated/α-hetero) is 1. The molecule has 2 aromatic rings. The van der Waals surface area contributed by atoms with Gasteiger partial charge in [-0.3, -0.25) is 4.79 Å². The number of carbonyl (C=O) groups is 1. The lowest BCUT2D eigenvalue weighted by Gasteiger charge is -2.13. The highest BCUT2D eigenvalue weighted by atomic mass is 35.5. The predicted molar refractivity (Wildman–Crippen MR) is 101 cm³/mol. The van der Waals surface area contributed by atoms with Crippen molar-refractivity contribution in [2.24, 2.45) is 0 Å². The van der Waals surface area contributed by atoms with Gasteiger partial charge in [0.2, 0.25) is 0 Å². The fraction of sp³-hybridized carbons (Fsp3) is 0.350. The standard InChI is InChI=1S/C20H25NO2.ClH/c1-3-23-19-11-9-18(10-12-19)20(22)13-14-21-16(2)15-17-7-5-4-6-8-17;/h4-12,16,21H,3,13-15H2,1-2H3;1H. The van der Waals surface area contributed by atoms with Gasteiger partial charge in [-0.05, 0) is 50.1 Å². The summed E-state index contributed by atoms with van der Waals surface area (Å²) in [6.07, 6.45) is 1.48. The van der Waals surface area contributed by atoms with Gasteiger partial charge in [0, 0.05) is 24.6 Å². The van der Waals surface area contributed by atoms with Gasteiger partial charge in [-0.1, -0.05) is 30.3 Å². The first-order valence-electron chi connectivity index (χ1n) is 8.22. The summed E-state index contributed by atoms with van der Waals surface area (Å²) < 4.78 is 5.39. The highest BCUT2D eigenvalue weighted by Crippen LogP contribution is 2.13. The minimum Gasteiger partial charge on any atom is -0.494 e. The van der Waals surface area contributed by atoms with Crippen molar-refractivity contribution in [3.8, 4) is 5.75 Å². The van der Waals surface area contributed by atoms with E-state index in [1.54, 1.807) is 0 Å². The maximum Gasteiger partial charge on any atom is 0.164 e. The van der Waals surface area contributed by atoms with Crippen molar-refractivity contribution in [3.05, 3.63) is 65.7 Å². The van der Waals surface area contributed by atoms with Gasteiger partial charge in [0.1, 0.15) is 5.75 Å². The van der Waals surface area contributed by atoms with Gasteiger partial charge in [-0.15, -0.1) is 12.4 Å². The topological polar surface area (TPSA) is 38.3 Å². The van der Waals surface area contributed by atoms with Crippen LogP contribution in [0.4, 0.5) is 0 Å². The van der Waals surface area contributed by atoms with Gasteiger partial charge in [-0.25, -0.2) is 0 Å². The molecule has 2 rings (SSSR count). The molecule has 4 heteroatoms. The molecule has 0 aromatic heterocycles. The van der Waals surface area contributed by atoms with Crippen LogP contribution < -0.4 is 10.1 Å². The van der Waals surface area contributed by atoms with Crippen molar-refractivity contribution in [2.45, 2.75) is 32.7 Å². The number of ketones is 1. The summed E-state index contributed by atoms with van der Waals surface area (Å²) in [4.78, 5) is 12.2. The normalized spacial score (nSPS) is 11.4. The molecular weight excluding hydrogens is 322 g/mol. The van der Waals surface area contributed by atoms with Crippen molar-refractivity contribution in [1.82, 2.24) is 5.32 Å². The van der Waals surface area contributed by atoms with Crippen molar-refractivity contribution < 1.29 is 9.53 Å². The molecule has 2 aromatic carbocycles. The molecule has 0 amide bonds. The van der Waals surface area contributed by atoms with Crippen LogP contribution in [-0.2, 0) is 6.42 Å². The zero-order valence-corrected chi connectivity index (χ0v) is 15.1. The molecule has 0 saturated carbocycles. The molecule has 1 unspecified atom stereocenters. The minimum atomic E-state index is 0. The van der Waals surface area contributed by atoms with Crippen LogP contribution in [0.3, 0.4) is 0 Å². The van der Waals surface area contributed by atoms with E-state index in [2.05, 4.69) is 36.5 Å². The maximum absolute atomic E-state index is 12.2. The summed E-state index contributed by atoms with van der Waals surface area (Å²) in [5, 5.41) is 3.42. The Hall–Kier alpha value is -1.84. The van der Waals surface area contributed by atoms with E-state index in [0.29, 0.717) is 25.6 Å². The lowest BCUT2D eigenvalue weighted by atomic mass is 10.1. The molecule has 0 bridgehead atoms. The van der Waals surface area contributed by atoms with Crippen LogP contribution in [0.2, 0.25) is 0 Å². The van der Waals surface area contributed by atoms with Gasteiger partial charge in [0.25, 0.3) is 0 Å².